The lowest BCUT2D eigenvalue weighted by atomic mass is 10.0. The Morgan fingerprint density at radius 2 is 2.41 bits per heavy atom. The van der Waals surface area contributed by atoms with Crippen molar-refractivity contribution in [2.24, 2.45) is 0 Å². The highest BCUT2D eigenvalue weighted by Gasteiger charge is 2.17. The van der Waals surface area contributed by atoms with Crippen molar-refractivity contribution in [3.63, 3.8) is 0 Å². The highest BCUT2D eigenvalue weighted by Crippen LogP contribution is 2.17. The molecule has 17 heavy (non-hydrogen) atoms. The molecule has 4 heteroatoms. The molecule has 1 aromatic heterocycles. The lowest BCUT2D eigenvalue weighted by Crippen LogP contribution is -2.38. The second-order valence-electron chi connectivity index (χ2n) is 4.98. The average molecular weight is 253 g/mol. The Hall–Kier alpha value is -0.450. The Labute approximate surface area is 108 Å². The normalized spacial score (nSPS) is 21.9. The first-order valence-electron chi connectivity index (χ1n) is 6.57. The van der Waals surface area contributed by atoms with E-state index in [1.807, 2.05) is 0 Å². The quantitative estimate of drug-likeness (QED) is 0.817. The topological polar surface area (TPSA) is 28.2 Å². The average Bonchev–Trinajstić information content (AvgIpc) is 2.73. The zero-order chi connectivity index (χ0) is 12.1. The van der Waals surface area contributed by atoms with Crippen LogP contribution in [0.15, 0.2) is 5.38 Å². The van der Waals surface area contributed by atoms with E-state index in [4.69, 9.17) is 0 Å². The van der Waals surface area contributed by atoms with E-state index in [-0.39, 0.29) is 0 Å². The van der Waals surface area contributed by atoms with Crippen molar-refractivity contribution in [3.05, 3.63) is 16.1 Å². The maximum Gasteiger partial charge on any atom is 0.107 e. The van der Waals surface area contributed by atoms with Crippen molar-refractivity contribution >= 4 is 11.3 Å². The Kier molecular flexibility index (Phi) is 4.95. The van der Waals surface area contributed by atoms with Crippen LogP contribution in [-0.2, 0) is 6.54 Å². The SMILES string of the molecule is Cc1csc(CNCCC2CCCCN2C)n1. The molecule has 1 aromatic rings. The van der Waals surface area contributed by atoms with Crippen molar-refractivity contribution in [1.29, 1.82) is 0 Å². The molecule has 2 rings (SSSR count). The molecule has 1 saturated heterocycles. The number of nitrogens with one attached hydrogen (secondary N) is 1. The number of aromatic nitrogens is 1. The van der Waals surface area contributed by atoms with Gasteiger partial charge in [0, 0.05) is 23.7 Å². The number of piperidine rings is 1. The summed E-state index contributed by atoms with van der Waals surface area (Å²) in [5.41, 5.74) is 1.14. The molecule has 1 unspecified atom stereocenters. The minimum Gasteiger partial charge on any atom is -0.310 e. The Morgan fingerprint density at radius 1 is 1.53 bits per heavy atom. The van der Waals surface area contributed by atoms with Crippen LogP contribution in [0.1, 0.15) is 36.4 Å². The van der Waals surface area contributed by atoms with Crippen molar-refractivity contribution in [1.82, 2.24) is 15.2 Å². The maximum atomic E-state index is 4.46. The van der Waals surface area contributed by atoms with E-state index in [0.717, 1.165) is 24.8 Å². The van der Waals surface area contributed by atoms with Crippen molar-refractivity contribution in [2.45, 2.75) is 45.2 Å². The summed E-state index contributed by atoms with van der Waals surface area (Å²) in [7, 11) is 2.26. The Balaban J connectivity index is 1.62. The Bertz CT molecular complexity index is 337. The standard InChI is InChI=1S/C13H23N3S/c1-11-10-17-13(15-11)9-14-7-6-12-5-3-4-8-16(12)2/h10,12,14H,3-9H2,1-2H3. The van der Waals surface area contributed by atoms with Crippen LogP contribution in [-0.4, -0.2) is 36.1 Å². The van der Waals surface area contributed by atoms with Crippen LogP contribution in [0.5, 0.6) is 0 Å². The summed E-state index contributed by atoms with van der Waals surface area (Å²) in [6, 6.07) is 0.786. The van der Waals surface area contributed by atoms with Gasteiger partial charge in [-0.2, -0.15) is 0 Å². The fourth-order valence-electron chi connectivity index (χ4n) is 2.46. The number of aryl methyl sites for hydroxylation is 1. The third-order valence-corrected chi connectivity index (χ3v) is 4.49. The van der Waals surface area contributed by atoms with Gasteiger partial charge in [0.15, 0.2) is 0 Å². The van der Waals surface area contributed by atoms with Crippen molar-refractivity contribution in [2.75, 3.05) is 20.1 Å². The van der Waals surface area contributed by atoms with Crippen molar-refractivity contribution in [3.8, 4) is 0 Å². The fraction of sp³-hybridized carbons (Fsp3) is 0.769. The predicted molar refractivity (Wildman–Crippen MR) is 73.4 cm³/mol. The van der Waals surface area contributed by atoms with Gasteiger partial charge in [0.1, 0.15) is 5.01 Å². The summed E-state index contributed by atoms with van der Waals surface area (Å²) in [6.07, 6.45) is 5.41. The third kappa shape index (κ3) is 4.05. The van der Waals surface area contributed by atoms with Gasteiger partial charge in [-0.3, -0.25) is 0 Å². The van der Waals surface area contributed by atoms with Gasteiger partial charge in [-0.15, -0.1) is 11.3 Å². The molecule has 1 aliphatic rings. The van der Waals surface area contributed by atoms with E-state index in [0.29, 0.717) is 0 Å². The molecular formula is C13H23N3S. The highest BCUT2D eigenvalue weighted by atomic mass is 32.1. The first kappa shape index (κ1) is 13.0. The summed E-state index contributed by atoms with van der Waals surface area (Å²) in [4.78, 5) is 6.97. The Morgan fingerprint density at radius 3 is 3.12 bits per heavy atom. The predicted octanol–water partition coefficient (Wildman–Crippen LogP) is 2.42. The van der Waals surface area contributed by atoms with Gasteiger partial charge in [-0.05, 0) is 46.3 Å². The summed E-state index contributed by atoms with van der Waals surface area (Å²) >= 11 is 1.75. The number of thiazole rings is 1. The number of likely N-dealkylation sites (tertiary alicyclic amines) is 1. The third-order valence-electron chi connectivity index (χ3n) is 3.52. The molecule has 0 radical (unpaired) electrons. The molecule has 0 aliphatic carbocycles. The van der Waals surface area contributed by atoms with Crippen LogP contribution in [0.3, 0.4) is 0 Å². The molecule has 0 amide bonds. The van der Waals surface area contributed by atoms with Gasteiger partial charge in [-0.1, -0.05) is 6.42 Å². The molecule has 96 valence electrons. The van der Waals surface area contributed by atoms with Gasteiger partial charge < -0.3 is 10.2 Å². The molecule has 1 atom stereocenters. The number of hydrogen-bond donors (Lipinski definition) is 1. The van der Waals surface area contributed by atoms with Gasteiger partial charge in [0.2, 0.25) is 0 Å². The fourth-order valence-corrected chi connectivity index (χ4v) is 3.20. The molecule has 1 N–H and O–H groups in total. The van der Waals surface area contributed by atoms with Gasteiger partial charge in [0.25, 0.3) is 0 Å². The van der Waals surface area contributed by atoms with E-state index in [9.17, 15) is 0 Å². The smallest absolute Gasteiger partial charge is 0.107 e. The zero-order valence-corrected chi connectivity index (χ0v) is 11.7. The minimum atomic E-state index is 0.786. The highest BCUT2D eigenvalue weighted by molar-refractivity contribution is 7.09. The maximum absolute atomic E-state index is 4.46. The first-order chi connectivity index (χ1) is 8.25. The minimum absolute atomic E-state index is 0.786. The largest absolute Gasteiger partial charge is 0.310 e. The van der Waals surface area contributed by atoms with Crippen molar-refractivity contribution < 1.29 is 0 Å². The second-order valence-corrected chi connectivity index (χ2v) is 5.92. The van der Waals surface area contributed by atoms with Gasteiger partial charge in [0.05, 0.1) is 0 Å². The zero-order valence-electron chi connectivity index (χ0n) is 10.9. The molecule has 0 bridgehead atoms. The van der Waals surface area contributed by atoms with Crippen LogP contribution < -0.4 is 5.32 Å². The molecule has 0 aromatic carbocycles. The number of rotatable bonds is 5. The molecule has 1 fully saturated rings. The van der Waals surface area contributed by atoms with Crippen LogP contribution in [0.2, 0.25) is 0 Å². The van der Waals surface area contributed by atoms with Crippen LogP contribution in [0, 0.1) is 6.92 Å². The molecule has 3 nitrogen and oxygen atoms in total. The van der Waals surface area contributed by atoms with E-state index in [1.165, 1.54) is 37.2 Å². The monoisotopic (exact) mass is 253 g/mol. The van der Waals surface area contributed by atoms with E-state index in [1.54, 1.807) is 11.3 Å². The number of hydrogen-bond acceptors (Lipinski definition) is 4. The molecule has 2 heterocycles. The van der Waals surface area contributed by atoms with Crippen LogP contribution in [0.25, 0.3) is 0 Å². The summed E-state index contributed by atoms with van der Waals surface area (Å²) in [5, 5.41) is 6.83. The molecular weight excluding hydrogens is 230 g/mol. The number of nitrogens with zero attached hydrogens (tertiary/aromatic N) is 2. The summed E-state index contributed by atoms with van der Waals surface area (Å²) in [5.74, 6) is 0. The van der Waals surface area contributed by atoms with Crippen LogP contribution in [0.4, 0.5) is 0 Å². The molecule has 0 saturated carbocycles. The van der Waals surface area contributed by atoms with Gasteiger partial charge in [-0.25, -0.2) is 4.98 Å². The summed E-state index contributed by atoms with van der Waals surface area (Å²) in [6.45, 7) is 5.36. The van der Waals surface area contributed by atoms with E-state index >= 15 is 0 Å². The second kappa shape index (κ2) is 6.47. The van der Waals surface area contributed by atoms with Gasteiger partial charge >= 0.3 is 0 Å². The first-order valence-corrected chi connectivity index (χ1v) is 7.45. The summed E-state index contributed by atoms with van der Waals surface area (Å²) < 4.78 is 0. The molecule has 0 spiro atoms. The van der Waals surface area contributed by atoms with Crippen LogP contribution >= 0.6 is 11.3 Å². The lowest BCUT2D eigenvalue weighted by Gasteiger charge is -2.32. The van der Waals surface area contributed by atoms with E-state index < -0.39 is 0 Å². The van der Waals surface area contributed by atoms with E-state index in [2.05, 4.69) is 34.6 Å². The molecule has 1 aliphatic heterocycles. The lowest BCUT2D eigenvalue weighted by molar-refractivity contribution is 0.175.